The van der Waals surface area contributed by atoms with Crippen molar-refractivity contribution in [3.05, 3.63) is 10.6 Å². The van der Waals surface area contributed by atoms with E-state index in [0.29, 0.717) is 6.04 Å². The molecule has 1 atom stereocenters. The molecule has 1 aromatic heterocycles. The van der Waals surface area contributed by atoms with Gasteiger partial charge in [-0.1, -0.05) is 6.92 Å². The fourth-order valence-corrected chi connectivity index (χ4v) is 3.68. The second-order valence-electron chi connectivity index (χ2n) is 5.32. The second kappa shape index (κ2) is 7.96. The maximum absolute atomic E-state index is 5.42. The highest BCUT2D eigenvalue weighted by atomic mass is 32.1. The molecule has 0 bridgehead atoms. The lowest BCUT2D eigenvalue weighted by atomic mass is 9.97. The van der Waals surface area contributed by atoms with Gasteiger partial charge < -0.3 is 15.0 Å². The first-order valence-corrected chi connectivity index (χ1v) is 8.59. The van der Waals surface area contributed by atoms with E-state index in [-0.39, 0.29) is 0 Å². The number of fused-ring (bicyclic) bond motifs is 1. The van der Waals surface area contributed by atoms with Gasteiger partial charge in [-0.15, -0.1) is 11.3 Å². The van der Waals surface area contributed by atoms with Gasteiger partial charge in [0.1, 0.15) is 0 Å². The Morgan fingerprint density at radius 1 is 1.45 bits per heavy atom. The highest BCUT2D eigenvalue weighted by Gasteiger charge is 2.25. The van der Waals surface area contributed by atoms with Crippen LogP contribution in [0.1, 0.15) is 49.7 Å². The summed E-state index contributed by atoms with van der Waals surface area (Å²) in [5.74, 6) is 0. The van der Waals surface area contributed by atoms with Gasteiger partial charge in [0.15, 0.2) is 5.13 Å². The van der Waals surface area contributed by atoms with Gasteiger partial charge >= 0.3 is 0 Å². The highest BCUT2D eigenvalue weighted by Crippen LogP contribution is 2.36. The minimum Gasteiger partial charge on any atom is -0.380 e. The van der Waals surface area contributed by atoms with Crippen LogP contribution in [0.15, 0.2) is 0 Å². The Bertz CT molecular complexity index is 408. The molecule has 0 saturated heterocycles. The van der Waals surface area contributed by atoms with Crippen LogP contribution >= 0.6 is 11.3 Å². The first-order valence-electron chi connectivity index (χ1n) is 7.78. The lowest BCUT2D eigenvalue weighted by Crippen LogP contribution is -2.26. The van der Waals surface area contributed by atoms with Crippen molar-refractivity contribution in [2.24, 2.45) is 0 Å². The Hall–Kier alpha value is -0.650. The molecule has 0 fully saturated rings. The summed E-state index contributed by atoms with van der Waals surface area (Å²) < 4.78 is 5.42. The zero-order valence-electron chi connectivity index (χ0n) is 12.9. The van der Waals surface area contributed by atoms with Crippen LogP contribution in [0.25, 0.3) is 0 Å². The molecular weight excluding hydrogens is 270 g/mol. The van der Waals surface area contributed by atoms with Gasteiger partial charge in [-0.05, 0) is 39.2 Å². The Kier molecular flexibility index (Phi) is 6.26. The smallest absolute Gasteiger partial charge is 0.185 e. The molecule has 2 rings (SSSR count). The molecule has 114 valence electrons. The maximum atomic E-state index is 5.42. The number of aromatic nitrogens is 1. The molecule has 0 spiro atoms. The highest BCUT2D eigenvalue weighted by molar-refractivity contribution is 7.15. The average Bonchev–Trinajstić information content (AvgIpc) is 2.90. The number of anilines is 1. The zero-order chi connectivity index (χ0) is 14.4. The van der Waals surface area contributed by atoms with Crippen LogP contribution in [0.4, 0.5) is 5.13 Å². The van der Waals surface area contributed by atoms with Gasteiger partial charge in [0.05, 0.1) is 18.3 Å². The number of likely N-dealkylation sites (N-methyl/N-ethyl adjacent to an activating group) is 1. The van der Waals surface area contributed by atoms with E-state index in [1.807, 2.05) is 18.3 Å². The topological polar surface area (TPSA) is 37.4 Å². The molecule has 1 unspecified atom stereocenters. The van der Waals surface area contributed by atoms with E-state index >= 15 is 0 Å². The number of rotatable bonds is 8. The van der Waals surface area contributed by atoms with E-state index in [2.05, 4.69) is 24.2 Å². The molecule has 4 nitrogen and oxygen atoms in total. The van der Waals surface area contributed by atoms with E-state index in [0.717, 1.165) is 31.4 Å². The van der Waals surface area contributed by atoms with Crippen molar-refractivity contribution in [2.75, 3.05) is 38.3 Å². The molecule has 1 aliphatic rings. The monoisotopic (exact) mass is 297 g/mol. The molecule has 0 radical (unpaired) electrons. The van der Waals surface area contributed by atoms with Gasteiger partial charge in [0, 0.05) is 25.1 Å². The van der Waals surface area contributed by atoms with E-state index < -0.39 is 0 Å². The molecule has 0 aliphatic heterocycles. The van der Waals surface area contributed by atoms with Crippen molar-refractivity contribution in [1.29, 1.82) is 0 Å². The van der Waals surface area contributed by atoms with E-state index in [1.54, 1.807) is 0 Å². The molecule has 1 aromatic rings. The summed E-state index contributed by atoms with van der Waals surface area (Å²) in [5, 5.41) is 4.77. The summed E-state index contributed by atoms with van der Waals surface area (Å²) in [6.07, 6.45) is 4.87. The summed E-state index contributed by atoms with van der Waals surface area (Å²) in [6.45, 7) is 7.79. The van der Waals surface area contributed by atoms with Crippen LogP contribution in [-0.2, 0) is 11.2 Å². The van der Waals surface area contributed by atoms with Gasteiger partial charge in [-0.25, -0.2) is 4.98 Å². The summed E-state index contributed by atoms with van der Waals surface area (Å²) in [5.41, 5.74) is 1.30. The number of hydrogen-bond donors (Lipinski definition) is 1. The van der Waals surface area contributed by atoms with Crippen LogP contribution in [0.5, 0.6) is 0 Å². The Balaban J connectivity index is 2.01. The van der Waals surface area contributed by atoms with Crippen LogP contribution in [-0.4, -0.2) is 38.3 Å². The fraction of sp³-hybridized carbons (Fsp3) is 0.800. The summed E-state index contributed by atoms with van der Waals surface area (Å²) in [7, 11) is 2.11. The Morgan fingerprint density at radius 3 is 3.05 bits per heavy atom. The summed E-state index contributed by atoms with van der Waals surface area (Å²) in [6, 6.07) is 0.462. The molecule has 1 heterocycles. The normalized spacial score (nSPS) is 18.1. The number of nitrogens with zero attached hydrogens (tertiary/aromatic N) is 2. The van der Waals surface area contributed by atoms with Crippen LogP contribution < -0.4 is 10.2 Å². The molecule has 0 saturated carbocycles. The Labute approximate surface area is 126 Å². The first-order chi connectivity index (χ1) is 9.76. The molecule has 5 heteroatoms. The molecule has 1 aliphatic carbocycles. The van der Waals surface area contributed by atoms with E-state index in [9.17, 15) is 0 Å². The van der Waals surface area contributed by atoms with Crippen LogP contribution in [0.2, 0.25) is 0 Å². The minimum absolute atomic E-state index is 0.462. The van der Waals surface area contributed by atoms with Gasteiger partial charge in [-0.3, -0.25) is 0 Å². The standard InChI is InChI=1S/C15H27N3OS/c1-4-9-16-12-7-6-8-13-14(12)17-15(20-13)18(3)10-11-19-5-2/h12,16H,4-11H2,1-3H3. The third kappa shape index (κ3) is 3.93. The molecule has 20 heavy (non-hydrogen) atoms. The molecular formula is C15H27N3OS. The predicted octanol–water partition coefficient (Wildman–Crippen LogP) is 2.99. The van der Waals surface area contributed by atoms with E-state index in [4.69, 9.17) is 9.72 Å². The average molecular weight is 297 g/mol. The predicted molar refractivity (Wildman–Crippen MR) is 85.8 cm³/mol. The lowest BCUT2D eigenvalue weighted by molar-refractivity contribution is 0.154. The van der Waals surface area contributed by atoms with Crippen LogP contribution in [0.3, 0.4) is 0 Å². The summed E-state index contributed by atoms with van der Waals surface area (Å²) >= 11 is 1.86. The van der Waals surface area contributed by atoms with Crippen molar-refractivity contribution in [1.82, 2.24) is 10.3 Å². The number of ether oxygens (including phenoxy) is 1. The van der Waals surface area contributed by atoms with Crippen molar-refractivity contribution >= 4 is 16.5 Å². The molecule has 0 amide bonds. The number of thiazole rings is 1. The third-order valence-electron chi connectivity index (χ3n) is 3.69. The zero-order valence-corrected chi connectivity index (χ0v) is 13.8. The number of nitrogens with one attached hydrogen (secondary N) is 1. The fourth-order valence-electron chi connectivity index (χ4n) is 2.53. The SMILES string of the molecule is CCCNC1CCCc2sc(N(C)CCOCC)nc21. The third-order valence-corrected chi connectivity index (χ3v) is 4.93. The second-order valence-corrected chi connectivity index (χ2v) is 6.38. The largest absolute Gasteiger partial charge is 0.380 e. The minimum atomic E-state index is 0.462. The van der Waals surface area contributed by atoms with Crippen molar-refractivity contribution in [2.45, 2.75) is 45.6 Å². The first kappa shape index (κ1) is 15.7. The van der Waals surface area contributed by atoms with Gasteiger partial charge in [-0.2, -0.15) is 0 Å². The van der Waals surface area contributed by atoms with Gasteiger partial charge in [0.25, 0.3) is 0 Å². The van der Waals surface area contributed by atoms with Gasteiger partial charge in [0.2, 0.25) is 0 Å². The van der Waals surface area contributed by atoms with E-state index in [1.165, 1.54) is 36.3 Å². The summed E-state index contributed by atoms with van der Waals surface area (Å²) in [4.78, 5) is 8.58. The molecule has 1 N–H and O–H groups in total. The Morgan fingerprint density at radius 2 is 2.30 bits per heavy atom. The quantitative estimate of drug-likeness (QED) is 0.749. The van der Waals surface area contributed by atoms with Crippen molar-refractivity contribution in [3.63, 3.8) is 0 Å². The number of aryl methyl sites for hydroxylation is 1. The molecule has 0 aromatic carbocycles. The number of hydrogen-bond acceptors (Lipinski definition) is 5. The van der Waals surface area contributed by atoms with Crippen molar-refractivity contribution < 1.29 is 4.74 Å². The van der Waals surface area contributed by atoms with Crippen molar-refractivity contribution in [3.8, 4) is 0 Å². The van der Waals surface area contributed by atoms with Crippen LogP contribution in [0, 0.1) is 0 Å². The lowest BCUT2D eigenvalue weighted by Gasteiger charge is -2.22. The maximum Gasteiger partial charge on any atom is 0.185 e.